The number of nitrogens with one attached hydrogen (secondary N) is 1. The van der Waals surface area contributed by atoms with Crippen molar-refractivity contribution in [1.29, 1.82) is 0 Å². The largest absolute Gasteiger partial charge is 0.495 e. The fraction of sp³-hybridized carbons (Fsp3) is 0.480. The lowest BCUT2D eigenvalue weighted by atomic mass is 9.95. The Morgan fingerprint density at radius 3 is 2.86 bits per heavy atom. The Labute approximate surface area is 204 Å². The molecule has 3 heterocycles. The molecule has 9 nitrogen and oxygen atoms in total. The number of benzene rings is 1. The molecule has 3 aliphatic heterocycles. The Bertz CT molecular complexity index is 1090. The van der Waals surface area contributed by atoms with E-state index in [0.29, 0.717) is 31.9 Å². The number of fused-ring (bicyclic) bond motifs is 1. The molecular formula is C25H32FN4O5+. The number of hydrogen-bond acceptors (Lipinski definition) is 7. The standard InChI is InChI=1S/C25H31FN4O5/c1-16(5-4-10-31)35-25(32)28-20-14-19(26)18(13-22(20)33-3)24-29-23(17-6-11-34-12-7-17)21-15-27-8-9-30(21,24)2/h8-9,13-17,31H,4-7,10-12H2,1-3H3/p+1. The molecule has 0 aliphatic carbocycles. The second kappa shape index (κ2) is 10.7. The fourth-order valence-electron chi connectivity index (χ4n) is 4.58. The van der Waals surface area contributed by atoms with Gasteiger partial charge in [-0.2, -0.15) is 4.99 Å². The van der Waals surface area contributed by atoms with Gasteiger partial charge in [-0.3, -0.25) is 10.3 Å². The highest BCUT2D eigenvalue weighted by molar-refractivity contribution is 6.02. The highest BCUT2D eigenvalue weighted by Gasteiger charge is 2.45. The number of carbonyl (C=O) groups excluding carboxylic acids is 1. The topological polar surface area (TPSA) is 102 Å². The molecule has 0 saturated carbocycles. The fourth-order valence-corrected chi connectivity index (χ4v) is 4.58. The number of methoxy groups -OCH3 is 1. The third-order valence-corrected chi connectivity index (χ3v) is 6.53. The first-order chi connectivity index (χ1) is 16.9. The quantitative estimate of drug-likeness (QED) is 0.541. The van der Waals surface area contributed by atoms with Crippen LogP contribution in [0.25, 0.3) is 0 Å². The second-order valence-electron chi connectivity index (χ2n) is 8.98. The Morgan fingerprint density at radius 1 is 1.37 bits per heavy atom. The number of nitrogens with zero attached hydrogens (tertiary/aromatic N) is 3. The van der Waals surface area contributed by atoms with Gasteiger partial charge in [0.2, 0.25) is 5.84 Å². The molecule has 10 heteroatoms. The van der Waals surface area contributed by atoms with Crippen LogP contribution in [0.15, 0.2) is 45.9 Å². The molecule has 1 aromatic rings. The SMILES string of the molecule is COc1cc(C2=NC(C3CCOCC3)=C3C=NC=C[N+]23C)c(F)cc1NC(=O)OC(C)CCCO. The maximum atomic E-state index is 15.5. The number of halogens is 1. The number of aliphatic imine (C=N–C) groups is 2. The van der Waals surface area contributed by atoms with Gasteiger partial charge in [-0.1, -0.05) is 0 Å². The van der Waals surface area contributed by atoms with Gasteiger partial charge in [0, 0.05) is 37.9 Å². The molecule has 0 spiro atoms. The number of anilines is 1. The van der Waals surface area contributed by atoms with Crippen LogP contribution in [-0.2, 0) is 9.47 Å². The van der Waals surface area contributed by atoms with Crippen LogP contribution < -0.4 is 10.1 Å². The van der Waals surface area contributed by atoms with Gasteiger partial charge in [0.05, 0.1) is 37.8 Å². The molecule has 1 aromatic carbocycles. The third kappa shape index (κ3) is 5.14. The lowest BCUT2D eigenvalue weighted by Crippen LogP contribution is -2.43. The molecule has 3 aliphatic rings. The van der Waals surface area contributed by atoms with Crippen LogP contribution in [0.4, 0.5) is 14.9 Å². The molecule has 2 atom stereocenters. The van der Waals surface area contributed by atoms with Crippen molar-refractivity contribution in [1.82, 2.24) is 0 Å². The summed E-state index contributed by atoms with van der Waals surface area (Å²) in [5.74, 6) is 0.467. The van der Waals surface area contributed by atoms with Gasteiger partial charge in [-0.25, -0.2) is 13.7 Å². The van der Waals surface area contributed by atoms with Crippen LogP contribution in [0.1, 0.15) is 38.2 Å². The van der Waals surface area contributed by atoms with E-state index in [1.807, 2.05) is 13.2 Å². The smallest absolute Gasteiger partial charge is 0.412 e. The van der Waals surface area contributed by atoms with Crippen molar-refractivity contribution in [2.24, 2.45) is 15.9 Å². The molecule has 1 saturated heterocycles. The van der Waals surface area contributed by atoms with E-state index in [4.69, 9.17) is 24.3 Å². The molecule has 0 bridgehead atoms. The summed E-state index contributed by atoms with van der Waals surface area (Å²) in [6.45, 7) is 3.08. The van der Waals surface area contributed by atoms with Gasteiger partial charge >= 0.3 is 6.09 Å². The third-order valence-electron chi connectivity index (χ3n) is 6.53. The number of aliphatic hydroxyl groups is 1. The lowest BCUT2D eigenvalue weighted by molar-refractivity contribution is -0.713. The highest BCUT2D eigenvalue weighted by Crippen LogP contribution is 2.40. The molecular weight excluding hydrogens is 455 g/mol. The van der Waals surface area contributed by atoms with Crippen molar-refractivity contribution in [3.8, 4) is 5.75 Å². The number of aliphatic hydroxyl groups excluding tert-OH is 1. The Morgan fingerprint density at radius 2 is 2.14 bits per heavy atom. The Balaban J connectivity index is 1.63. The highest BCUT2D eigenvalue weighted by atomic mass is 19.1. The zero-order chi connectivity index (χ0) is 25.0. The summed E-state index contributed by atoms with van der Waals surface area (Å²) in [5.41, 5.74) is 2.25. The van der Waals surface area contributed by atoms with Crippen molar-refractivity contribution in [3.63, 3.8) is 0 Å². The maximum absolute atomic E-state index is 15.5. The summed E-state index contributed by atoms with van der Waals surface area (Å²) in [5, 5.41) is 11.5. The normalized spacial score (nSPS) is 22.6. The summed E-state index contributed by atoms with van der Waals surface area (Å²) in [7, 11) is 3.40. The van der Waals surface area contributed by atoms with Crippen molar-refractivity contribution in [3.05, 3.63) is 47.3 Å². The van der Waals surface area contributed by atoms with Gasteiger partial charge in [-0.05, 0) is 32.6 Å². The zero-order valence-electron chi connectivity index (χ0n) is 20.3. The zero-order valence-corrected chi connectivity index (χ0v) is 20.3. The van der Waals surface area contributed by atoms with Crippen molar-refractivity contribution < 1.29 is 33.0 Å². The number of allylic oxidation sites excluding steroid dienone is 2. The van der Waals surface area contributed by atoms with Crippen LogP contribution in [0.3, 0.4) is 0 Å². The van der Waals surface area contributed by atoms with Gasteiger partial charge in [-0.15, -0.1) is 0 Å². The van der Waals surface area contributed by atoms with E-state index >= 15 is 4.39 Å². The predicted molar refractivity (Wildman–Crippen MR) is 130 cm³/mol. The van der Waals surface area contributed by atoms with Crippen LogP contribution in [-0.4, -0.2) is 67.8 Å². The minimum atomic E-state index is -0.723. The number of quaternary nitrogens is 1. The van der Waals surface area contributed by atoms with Crippen molar-refractivity contribution >= 4 is 23.8 Å². The average Bonchev–Trinajstić information content (AvgIpc) is 3.16. The van der Waals surface area contributed by atoms with Gasteiger partial charge in [0.15, 0.2) is 5.70 Å². The van der Waals surface area contributed by atoms with Gasteiger partial charge in [0.1, 0.15) is 29.6 Å². The van der Waals surface area contributed by atoms with Crippen LogP contribution >= 0.6 is 0 Å². The molecule has 4 rings (SSSR count). The van der Waals surface area contributed by atoms with E-state index in [2.05, 4.69) is 10.3 Å². The van der Waals surface area contributed by atoms with Crippen LogP contribution in [0, 0.1) is 11.7 Å². The molecule has 1 fully saturated rings. The second-order valence-corrected chi connectivity index (χ2v) is 8.98. The summed E-state index contributed by atoms with van der Waals surface area (Å²) in [6, 6.07) is 2.77. The van der Waals surface area contributed by atoms with Gasteiger partial charge in [0.25, 0.3) is 0 Å². The van der Waals surface area contributed by atoms with E-state index in [1.54, 1.807) is 25.4 Å². The van der Waals surface area contributed by atoms with Gasteiger partial charge < -0.3 is 19.3 Å². The maximum Gasteiger partial charge on any atom is 0.412 e. The first-order valence-electron chi connectivity index (χ1n) is 11.8. The lowest BCUT2D eigenvalue weighted by Gasteiger charge is -2.29. The number of hydrogen-bond donors (Lipinski definition) is 2. The number of amidine groups is 1. The number of carbonyl (C=O) groups is 1. The van der Waals surface area contributed by atoms with Crippen LogP contribution in [0.5, 0.6) is 5.75 Å². The van der Waals surface area contributed by atoms with E-state index < -0.39 is 18.0 Å². The molecule has 188 valence electrons. The Hall–Kier alpha value is -3.08. The first kappa shape index (κ1) is 25.0. The van der Waals surface area contributed by atoms with Crippen LogP contribution in [0.2, 0.25) is 0 Å². The minimum Gasteiger partial charge on any atom is -0.495 e. The molecule has 1 amide bonds. The summed E-state index contributed by atoms with van der Waals surface area (Å²) >= 11 is 0. The average molecular weight is 488 g/mol. The minimum absolute atomic E-state index is 0.0188. The van der Waals surface area contributed by atoms with Crippen molar-refractivity contribution in [2.75, 3.05) is 39.3 Å². The molecule has 0 aromatic heterocycles. The molecule has 0 radical (unpaired) electrons. The Kier molecular flexibility index (Phi) is 7.63. The van der Waals surface area contributed by atoms with Crippen molar-refractivity contribution in [2.45, 2.75) is 38.7 Å². The first-order valence-corrected chi connectivity index (χ1v) is 11.8. The number of ether oxygens (including phenoxy) is 3. The summed E-state index contributed by atoms with van der Waals surface area (Å²) < 4.78 is 32.0. The number of rotatable bonds is 8. The van der Waals surface area contributed by atoms with E-state index in [0.717, 1.165) is 24.2 Å². The van der Waals surface area contributed by atoms with E-state index in [1.165, 1.54) is 13.2 Å². The monoisotopic (exact) mass is 487 g/mol. The molecule has 2 unspecified atom stereocenters. The summed E-state index contributed by atoms with van der Waals surface area (Å²) in [4.78, 5) is 21.6. The number of amides is 1. The molecule has 2 N–H and O–H groups in total. The van der Waals surface area contributed by atoms with E-state index in [9.17, 15) is 4.79 Å². The van der Waals surface area contributed by atoms with E-state index in [-0.39, 0.29) is 34.0 Å². The summed E-state index contributed by atoms with van der Waals surface area (Å²) in [6.07, 6.45) is 6.97. The predicted octanol–water partition coefficient (Wildman–Crippen LogP) is 3.94. The molecule has 35 heavy (non-hydrogen) atoms.